The van der Waals surface area contributed by atoms with Gasteiger partial charge in [-0.25, -0.2) is 0 Å². The second-order valence-corrected chi connectivity index (χ2v) is 9.05. The molecule has 1 aromatic heterocycles. The van der Waals surface area contributed by atoms with Gasteiger partial charge in [0.25, 0.3) is 0 Å². The van der Waals surface area contributed by atoms with Gasteiger partial charge >= 0.3 is 6.18 Å². The monoisotopic (exact) mass is 518 g/mol. The van der Waals surface area contributed by atoms with E-state index < -0.39 is 11.9 Å². The second kappa shape index (κ2) is 11.2. The van der Waals surface area contributed by atoms with Crippen LogP contribution in [-0.2, 0) is 12.8 Å². The van der Waals surface area contributed by atoms with Crippen LogP contribution < -0.4 is 4.74 Å². The first-order valence-electron chi connectivity index (χ1n) is 11.5. The molecule has 0 radical (unpaired) electrons. The summed E-state index contributed by atoms with van der Waals surface area (Å²) < 4.78 is 45.0. The lowest BCUT2D eigenvalue weighted by molar-refractivity contribution is -0.141. The van der Waals surface area contributed by atoms with E-state index >= 15 is 0 Å². The average molecular weight is 519 g/mol. The quantitative estimate of drug-likeness (QED) is 0.449. The Kier molecular flexibility index (Phi) is 8.09. The smallest absolute Gasteiger partial charge is 0.435 e. The van der Waals surface area contributed by atoms with Gasteiger partial charge < -0.3 is 14.7 Å². The van der Waals surface area contributed by atoms with Crippen molar-refractivity contribution in [3.63, 3.8) is 0 Å². The Hall–Kier alpha value is -3.19. The number of nitrogens with zero attached hydrogens (tertiary/aromatic N) is 3. The van der Waals surface area contributed by atoms with Crippen molar-refractivity contribution in [3.05, 3.63) is 64.3 Å². The number of ether oxygens (including phenoxy) is 1. The molecule has 4 rings (SSSR count). The van der Waals surface area contributed by atoms with E-state index in [0.29, 0.717) is 17.2 Å². The molecule has 0 spiro atoms. The summed E-state index contributed by atoms with van der Waals surface area (Å²) >= 11 is 5.94. The number of benzene rings is 2. The van der Waals surface area contributed by atoms with Crippen LogP contribution in [-0.4, -0.2) is 64.9 Å². The summed E-state index contributed by atoms with van der Waals surface area (Å²) in [6.07, 6.45) is -4.02. The molecule has 2 N–H and O–H groups in total. The van der Waals surface area contributed by atoms with Crippen LogP contribution in [0.2, 0.25) is 5.02 Å². The van der Waals surface area contributed by atoms with Gasteiger partial charge in [0.05, 0.1) is 5.69 Å². The summed E-state index contributed by atoms with van der Waals surface area (Å²) in [6, 6.07) is 11.1. The first-order valence-corrected chi connectivity index (χ1v) is 11.8. The Bertz CT molecular complexity index is 1240. The maximum Gasteiger partial charge on any atom is 0.435 e. The SMILES string of the molecule is CN1CCN(CCC#Cc2c(OCc3ccc(Cl)cc3)ccc(-c3cc(C(F)(F)F)n[nH]3)c2O)CC1. The van der Waals surface area contributed by atoms with Crippen molar-refractivity contribution in [2.24, 2.45) is 0 Å². The zero-order valence-corrected chi connectivity index (χ0v) is 20.5. The predicted octanol–water partition coefficient (Wildman–Crippen LogP) is 5.02. The molecule has 2 heterocycles. The average Bonchev–Trinajstić information content (AvgIpc) is 3.34. The van der Waals surface area contributed by atoms with Crippen molar-refractivity contribution < 1.29 is 23.0 Å². The summed E-state index contributed by atoms with van der Waals surface area (Å²) in [4.78, 5) is 4.60. The molecule has 0 atom stereocenters. The standard InChI is InChI=1S/C26H26ClF3N4O2/c1-33-12-14-34(15-13-33)11-3-2-4-21-23(36-17-18-5-7-19(27)8-6-18)10-9-20(25(21)35)22-16-24(32-31-22)26(28,29)30/h5-10,16,35H,3,11-15,17H2,1H3,(H,31,32). The topological polar surface area (TPSA) is 64.6 Å². The van der Waals surface area contributed by atoms with E-state index in [1.807, 2.05) is 12.1 Å². The summed E-state index contributed by atoms with van der Waals surface area (Å²) in [6.45, 7) is 4.93. The van der Waals surface area contributed by atoms with E-state index in [1.165, 1.54) is 6.07 Å². The molecule has 36 heavy (non-hydrogen) atoms. The van der Waals surface area contributed by atoms with E-state index in [2.05, 4.69) is 38.9 Å². The van der Waals surface area contributed by atoms with E-state index in [0.717, 1.165) is 44.4 Å². The van der Waals surface area contributed by atoms with Crippen molar-refractivity contribution in [2.45, 2.75) is 19.2 Å². The Morgan fingerprint density at radius 2 is 1.83 bits per heavy atom. The summed E-state index contributed by atoms with van der Waals surface area (Å²) in [5.41, 5.74) is 0.188. The molecule has 190 valence electrons. The van der Waals surface area contributed by atoms with Crippen LogP contribution >= 0.6 is 11.6 Å². The normalized spacial score (nSPS) is 14.9. The van der Waals surface area contributed by atoms with Crippen LogP contribution in [0.15, 0.2) is 42.5 Å². The number of aromatic nitrogens is 2. The molecule has 6 nitrogen and oxygen atoms in total. The zero-order chi connectivity index (χ0) is 25.7. The molecule has 2 aromatic carbocycles. The molecule has 10 heteroatoms. The first-order chi connectivity index (χ1) is 17.2. The molecular formula is C26H26ClF3N4O2. The maximum atomic E-state index is 13.0. The third-order valence-corrected chi connectivity index (χ3v) is 6.22. The second-order valence-electron chi connectivity index (χ2n) is 8.61. The molecule has 1 aliphatic rings. The van der Waals surface area contributed by atoms with Crippen molar-refractivity contribution in [2.75, 3.05) is 39.8 Å². The number of halogens is 4. The number of phenols is 1. The number of H-pyrrole nitrogens is 1. The maximum absolute atomic E-state index is 13.0. The fourth-order valence-electron chi connectivity index (χ4n) is 3.81. The number of hydrogen-bond donors (Lipinski definition) is 2. The van der Waals surface area contributed by atoms with Gasteiger partial charge in [-0.15, -0.1) is 0 Å². The molecule has 0 saturated carbocycles. The summed E-state index contributed by atoms with van der Waals surface area (Å²) in [5, 5.41) is 17.3. The molecule has 3 aromatic rings. The van der Waals surface area contributed by atoms with Gasteiger partial charge in [-0.2, -0.15) is 18.3 Å². The van der Waals surface area contributed by atoms with Gasteiger partial charge in [0.2, 0.25) is 0 Å². The third kappa shape index (κ3) is 6.52. The van der Waals surface area contributed by atoms with E-state index in [4.69, 9.17) is 16.3 Å². The number of piperazine rings is 1. The van der Waals surface area contributed by atoms with Gasteiger partial charge in [0.15, 0.2) is 5.69 Å². The van der Waals surface area contributed by atoms with Crippen LogP contribution in [0.1, 0.15) is 23.2 Å². The fourth-order valence-corrected chi connectivity index (χ4v) is 3.94. The molecule has 1 saturated heterocycles. The predicted molar refractivity (Wildman–Crippen MR) is 132 cm³/mol. The molecule has 0 unspecified atom stereocenters. The van der Waals surface area contributed by atoms with Crippen molar-refractivity contribution in [1.29, 1.82) is 0 Å². The number of nitrogens with one attached hydrogen (secondary N) is 1. The van der Waals surface area contributed by atoms with Crippen LogP contribution in [0.25, 0.3) is 11.3 Å². The number of aromatic amines is 1. The minimum atomic E-state index is -4.60. The van der Waals surface area contributed by atoms with E-state index in [9.17, 15) is 18.3 Å². The van der Waals surface area contributed by atoms with Crippen LogP contribution in [0.5, 0.6) is 11.5 Å². The third-order valence-electron chi connectivity index (χ3n) is 5.97. The highest BCUT2D eigenvalue weighted by atomic mass is 35.5. The molecule has 1 fully saturated rings. The van der Waals surface area contributed by atoms with Gasteiger partial charge in [0.1, 0.15) is 23.7 Å². The number of alkyl halides is 3. The number of hydrogen-bond acceptors (Lipinski definition) is 5. The fraction of sp³-hybridized carbons (Fsp3) is 0.346. The highest BCUT2D eigenvalue weighted by molar-refractivity contribution is 6.30. The molecule has 0 amide bonds. The lowest BCUT2D eigenvalue weighted by Crippen LogP contribution is -2.44. The Morgan fingerprint density at radius 1 is 1.11 bits per heavy atom. The summed E-state index contributed by atoms with van der Waals surface area (Å²) in [7, 11) is 2.09. The number of aromatic hydroxyl groups is 1. The van der Waals surface area contributed by atoms with Gasteiger partial charge in [-0.1, -0.05) is 35.6 Å². The van der Waals surface area contributed by atoms with Gasteiger partial charge in [-0.3, -0.25) is 10.00 Å². The highest BCUT2D eigenvalue weighted by Crippen LogP contribution is 2.38. The zero-order valence-electron chi connectivity index (χ0n) is 19.7. The Morgan fingerprint density at radius 3 is 2.50 bits per heavy atom. The molecule has 1 aliphatic heterocycles. The minimum absolute atomic E-state index is 0.0320. The number of phenolic OH excluding ortho intramolecular Hbond substituents is 1. The number of rotatable bonds is 6. The summed E-state index contributed by atoms with van der Waals surface area (Å²) in [5.74, 6) is 6.13. The highest BCUT2D eigenvalue weighted by Gasteiger charge is 2.34. The van der Waals surface area contributed by atoms with E-state index in [-0.39, 0.29) is 29.2 Å². The van der Waals surface area contributed by atoms with Crippen molar-refractivity contribution >= 4 is 11.6 Å². The molecular weight excluding hydrogens is 493 g/mol. The van der Waals surface area contributed by atoms with Gasteiger partial charge in [-0.05, 0) is 42.9 Å². The lowest BCUT2D eigenvalue weighted by Gasteiger charge is -2.31. The van der Waals surface area contributed by atoms with Crippen LogP contribution in [0.3, 0.4) is 0 Å². The van der Waals surface area contributed by atoms with Gasteiger partial charge in [0, 0.05) is 49.7 Å². The Labute approximate surface area is 212 Å². The lowest BCUT2D eigenvalue weighted by atomic mass is 10.0. The Balaban J connectivity index is 1.57. The van der Waals surface area contributed by atoms with E-state index in [1.54, 1.807) is 18.2 Å². The molecule has 0 bridgehead atoms. The van der Waals surface area contributed by atoms with Crippen LogP contribution in [0, 0.1) is 11.8 Å². The largest absolute Gasteiger partial charge is 0.506 e. The minimum Gasteiger partial charge on any atom is -0.506 e. The van der Waals surface area contributed by atoms with Crippen molar-refractivity contribution in [3.8, 4) is 34.6 Å². The first kappa shape index (κ1) is 25.9. The number of likely N-dealkylation sites (N-methyl/N-ethyl adjacent to an activating group) is 1. The van der Waals surface area contributed by atoms with Crippen molar-refractivity contribution in [1.82, 2.24) is 20.0 Å². The molecule has 0 aliphatic carbocycles. The van der Waals surface area contributed by atoms with Crippen LogP contribution in [0.4, 0.5) is 13.2 Å².